The van der Waals surface area contributed by atoms with Crippen molar-refractivity contribution < 1.29 is 14.0 Å². The molecule has 1 atom stereocenters. The van der Waals surface area contributed by atoms with Gasteiger partial charge in [-0.1, -0.05) is 23.7 Å². The average Bonchev–Trinajstić information content (AvgIpc) is 2.53. The molecular formula is C14H18ClNO3Si. The van der Waals surface area contributed by atoms with Crippen molar-refractivity contribution in [1.29, 1.82) is 0 Å². The second kappa shape index (κ2) is 4.82. The van der Waals surface area contributed by atoms with E-state index in [1.54, 1.807) is 31.2 Å². The van der Waals surface area contributed by atoms with Gasteiger partial charge in [0.2, 0.25) is 25.7 Å². The second-order valence-corrected chi connectivity index (χ2v) is 10.7. The van der Waals surface area contributed by atoms with Gasteiger partial charge in [-0.05, 0) is 38.7 Å². The lowest BCUT2D eigenvalue weighted by Gasteiger charge is -2.24. The zero-order chi connectivity index (χ0) is 15.1. The number of hydrogen-bond donors (Lipinski definition) is 1. The van der Waals surface area contributed by atoms with Crippen LogP contribution >= 0.6 is 11.6 Å². The number of ketones is 1. The molecule has 1 aliphatic rings. The fourth-order valence-corrected chi connectivity index (χ4v) is 2.93. The zero-order valence-corrected chi connectivity index (χ0v) is 13.7. The first-order chi connectivity index (χ1) is 9.13. The van der Waals surface area contributed by atoms with Gasteiger partial charge in [0.1, 0.15) is 0 Å². The Balaban J connectivity index is 2.34. The molecule has 0 radical (unpaired) electrons. The van der Waals surface area contributed by atoms with Crippen LogP contribution in [0.1, 0.15) is 12.5 Å². The molecule has 0 amide bonds. The Morgan fingerprint density at radius 1 is 1.25 bits per heavy atom. The van der Waals surface area contributed by atoms with Crippen molar-refractivity contribution >= 4 is 25.7 Å². The van der Waals surface area contributed by atoms with Gasteiger partial charge in [0.05, 0.1) is 0 Å². The van der Waals surface area contributed by atoms with Crippen LogP contribution in [0, 0.1) is 0 Å². The van der Waals surface area contributed by atoms with Crippen molar-refractivity contribution in [2.45, 2.75) is 32.2 Å². The van der Waals surface area contributed by atoms with Gasteiger partial charge in [0, 0.05) is 10.6 Å². The molecule has 2 N–H and O–H groups in total. The molecule has 4 nitrogen and oxygen atoms in total. The number of benzene rings is 1. The molecular weight excluding hydrogens is 294 g/mol. The van der Waals surface area contributed by atoms with Gasteiger partial charge in [-0.2, -0.15) is 0 Å². The molecule has 0 saturated heterocycles. The number of halogens is 1. The molecule has 0 fully saturated rings. The van der Waals surface area contributed by atoms with Crippen LogP contribution in [0.5, 0.6) is 0 Å². The molecule has 0 spiro atoms. The highest BCUT2D eigenvalue weighted by atomic mass is 35.5. The van der Waals surface area contributed by atoms with Crippen molar-refractivity contribution in [3.63, 3.8) is 0 Å². The molecule has 0 bridgehead atoms. The van der Waals surface area contributed by atoms with E-state index in [9.17, 15) is 4.79 Å². The topological polar surface area (TPSA) is 61.6 Å². The van der Waals surface area contributed by atoms with Crippen molar-refractivity contribution in [3.05, 3.63) is 46.5 Å². The largest absolute Gasteiger partial charge is 0.538 e. The van der Waals surface area contributed by atoms with Crippen molar-refractivity contribution in [3.8, 4) is 0 Å². The van der Waals surface area contributed by atoms with Crippen LogP contribution in [0.2, 0.25) is 24.7 Å². The quantitative estimate of drug-likeness (QED) is 0.871. The molecule has 6 heteroatoms. The molecule has 20 heavy (non-hydrogen) atoms. The molecule has 1 heterocycles. The molecule has 0 saturated carbocycles. The van der Waals surface area contributed by atoms with Crippen LogP contribution in [0.15, 0.2) is 35.9 Å². The number of carbonyl (C=O) groups is 1. The van der Waals surface area contributed by atoms with E-state index in [-0.39, 0.29) is 17.4 Å². The van der Waals surface area contributed by atoms with Crippen LogP contribution in [0.4, 0.5) is 0 Å². The van der Waals surface area contributed by atoms with Crippen molar-refractivity contribution in [1.82, 2.24) is 0 Å². The lowest BCUT2D eigenvalue weighted by Crippen LogP contribution is -2.34. The van der Waals surface area contributed by atoms with Gasteiger partial charge in [0.15, 0.2) is 5.60 Å². The lowest BCUT2D eigenvalue weighted by molar-refractivity contribution is -0.131. The Morgan fingerprint density at radius 2 is 1.80 bits per heavy atom. The first kappa shape index (κ1) is 14.9. The summed E-state index contributed by atoms with van der Waals surface area (Å²) in [5.74, 6) is -0.0590. The van der Waals surface area contributed by atoms with Gasteiger partial charge < -0.3 is 14.9 Å². The Bertz CT molecular complexity index is 577. The third kappa shape index (κ3) is 2.69. The first-order valence-corrected chi connectivity index (χ1v) is 10.1. The summed E-state index contributed by atoms with van der Waals surface area (Å²) in [7, 11) is -1.94. The molecule has 108 valence electrons. The Kier molecular flexibility index (Phi) is 3.60. The minimum absolute atomic E-state index is 0.0508. The standard InChI is InChI=1S/C14H18ClNO3Si/c1-14(9-5-7-10(15)8-6-9)12(17)11(13(16)18-14)19-20(2,3)4/h5-8H,16H2,1-4H3. The van der Waals surface area contributed by atoms with E-state index in [1.807, 2.05) is 19.6 Å². The number of hydrogen-bond acceptors (Lipinski definition) is 4. The summed E-state index contributed by atoms with van der Waals surface area (Å²) in [5.41, 5.74) is 5.38. The summed E-state index contributed by atoms with van der Waals surface area (Å²) in [5, 5.41) is 0.599. The van der Waals surface area contributed by atoms with Gasteiger partial charge in [0.25, 0.3) is 0 Å². The number of ether oxygens (including phenoxy) is 1. The third-order valence-corrected chi connectivity index (χ3v) is 4.05. The highest BCUT2D eigenvalue weighted by Crippen LogP contribution is 2.38. The summed E-state index contributed by atoms with van der Waals surface area (Å²) in [6.45, 7) is 7.64. The van der Waals surface area contributed by atoms with Crippen LogP contribution in [0.25, 0.3) is 0 Å². The Labute approximate surface area is 124 Å². The summed E-state index contributed by atoms with van der Waals surface area (Å²) < 4.78 is 11.4. The third-order valence-electron chi connectivity index (χ3n) is 2.98. The van der Waals surface area contributed by atoms with E-state index in [1.165, 1.54) is 0 Å². The predicted octanol–water partition coefficient (Wildman–Crippen LogP) is 3.13. The van der Waals surface area contributed by atoms with E-state index < -0.39 is 13.9 Å². The van der Waals surface area contributed by atoms with Gasteiger partial charge >= 0.3 is 0 Å². The second-order valence-electron chi connectivity index (χ2n) is 5.88. The summed E-state index contributed by atoms with van der Waals surface area (Å²) >= 11 is 5.86. The maximum Gasteiger partial charge on any atom is 0.249 e. The highest BCUT2D eigenvalue weighted by molar-refractivity contribution is 6.70. The minimum atomic E-state index is -1.94. The number of nitrogens with two attached hydrogens (primary N) is 1. The number of carbonyl (C=O) groups excluding carboxylic acids is 1. The average molecular weight is 312 g/mol. The first-order valence-electron chi connectivity index (χ1n) is 6.32. The predicted molar refractivity (Wildman–Crippen MR) is 80.5 cm³/mol. The van der Waals surface area contributed by atoms with Crippen LogP contribution in [0.3, 0.4) is 0 Å². The molecule has 0 aromatic heterocycles. The molecule has 1 unspecified atom stereocenters. The maximum atomic E-state index is 12.6. The number of rotatable bonds is 3. The molecule has 1 aromatic carbocycles. The fourth-order valence-electron chi connectivity index (χ4n) is 2.00. The molecule has 0 aliphatic carbocycles. The molecule has 1 aromatic rings. The van der Waals surface area contributed by atoms with Gasteiger partial charge in [-0.25, -0.2) is 0 Å². The Hall–Kier alpha value is -1.46. The summed E-state index contributed by atoms with van der Waals surface area (Å²) in [4.78, 5) is 12.6. The van der Waals surface area contributed by atoms with Crippen LogP contribution in [-0.2, 0) is 19.6 Å². The fraction of sp³-hybridized carbons (Fsp3) is 0.357. The normalized spacial score (nSPS) is 22.9. The van der Waals surface area contributed by atoms with E-state index in [4.69, 9.17) is 26.5 Å². The zero-order valence-electron chi connectivity index (χ0n) is 12.0. The number of Topliss-reactive ketones (excluding diaryl/α,β-unsaturated/α-hetero) is 1. The van der Waals surface area contributed by atoms with Gasteiger partial charge in [-0.3, -0.25) is 4.79 Å². The molecule has 1 aliphatic heterocycles. The SMILES string of the molecule is CC1(c2ccc(Cl)cc2)OC(N)=C(O[Si](C)(C)C)C1=O. The van der Waals surface area contributed by atoms with Crippen molar-refractivity contribution in [2.75, 3.05) is 0 Å². The maximum absolute atomic E-state index is 12.6. The van der Waals surface area contributed by atoms with E-state index in [2.05, 4.69) is 0 Å². The van der Waals surface area contributed by atoms with Crippen LogP contribution in [-0.4, -0.2) is 14.1 Å². The highest BCUT2D eigenvalue weighted by Gasteiger charge is 2.48. The summed E-state index contributed by atoms with van der Waals surface area (Å²) in [6.07, 6.45) is 0. The minimum Gasteiger partial charge on any atom is -0.538 e. The van der Waals surface area contributed by atoms with E-state index in [0.717, 1.165) is 0 Å². The van der Waals surface area contributed by atoms with Gasteiger partial charge in [-0.15, -0.1) is 0 Å². The monoisotopic (exact) mass is 311 g/mol. The molecule has 2 rings (SSSR count). The lowest BCUT2D eigenvalue weighted by atomic mass is 9.92. The van der Waals surface area contributed by atoms with E-state index in [0.29, 0.717) is 10.6 Å². The van der Waals surface area contributed by atoms with Crippen LogP contribution < -0.4 is 5.73 Å². The van der Waals surface area contributed by atoms with Crippen molar-refractivity contribution in [2.24, 2.45) is 5.73 Å². The smallest absolute Gasteiger partial charge is 0.249 e. The Morgan fingerprint density at radius 3 is 2.30 bits per heavy atom. The van der Waals surface area contributed by atoms with E-state index >= 15 is 0 Å². The summed E-state index contributed by atoms with van der Waals surface area (Å²) in [6, 6.07) is 6.94.